The van der Waals surface area contributed by atoms with Crippen molar-refractivity contribution in [3.8, 4) is 0 Å². The second-order valence-electron chi connectivity index (χ2n) is 6.48. The van der Waals surface area contributed by atoms with Gasteiger partial charge in [-0.15, -0.1) is 0 Å². The monoisotopic (exact) mass is 272 g/mol. The minimum absolute atomic E-state index is 0.0625. The van der Waals surface area contributed by atoms with Crippen LogP contribution >= 0.6 is 0 Å². The molecule has 2 aliphatic carbocycles. The van der Waals surface area contributed by atoms with Crippen molar-refractivity contribution in [3.63, 3.8) is 0 Å². The lowest BCUT2D eigenvalue weighted by Gasteiger charge is -2.39. The molecule has 3 heteroatoms. The molecule has 1 unspecified atom stereocenters. The molecule has 2 aliphatic rings. The van der Waals surface area contributed by atoms with Crippen LogP contribution in [-0.4, -0.2) is 16.9 Å². The Morgan fingerprint density at radius 3 is 2.75 bits per heavy atom. The predicted molar refractivity (Wildman–Crippen MR) is 79.6 cm³/mol. The van der Waals surface area contributed by atoms with Crippen LogP contribution < -0.4 is 5.32 Å². The molecule has 20 heavy (non-hydrogen) atoms. The van der Waals surface area contributed by atoms with E-state index in [0.29, 0.717) is 11.5 Å². The van der Waals surface area contributed by atoms with Crippen LogP contribution in [0.4, 0.5) is 0 Å². The van der Waals surface area contributed by atoms with Crippen molar-refractivity contribution in [2.24, 2.45) is 5.41 Å². The summed E-state index contributed by atoms with van der Waals surface area (Å²) in [5.74, 6) is 0.0625. The summed E-state index contributed by atoms with van der Waals surface area (Å²) in [5.41, 5.74) is 1.94. The minimum atomic E-state index is 0.0625. The number of carbonyl (C=O) groups is 1. The van der Waals surface area contributed by atoms with Crippen LogP contribution in [0.5, 0.6) is 0 Å². The molecule has 1 amide bonds. The van der Waals surface area contributed by atoms with Gasteiger partial charge in [0.1, 0.15) is 0 Å². The Kier molecular flexibility index (Phi) is 3.77. The normalized spacial score (nSPS) is 24.8. The Bertz CT molecular complexity index is 492. The molecule has 0 saturated heterocycles. The molecular formula is C17H24N2O. The maximum Gasteiger partial charge on any atom is 0.253 e. The average molecular weight is 272 g/mol. The molecule has 1 spiro atoms. The number of amides is 1. The van der Waals surface area contributed by atoms with E-state index in [1.807, 2.05) is 19.1 Å². The van der Waals surface area contributed by atoms with E-state index in [1.165, 1.54) is 44.9 Å². The fraction of sp³-hybridized carbons (Fsp3) is 0.647. The van der Waals surface area contributed by atoms with Gasteiger partial charge in [0.05, 0.1) is 5.56 Å². The van der Waals surface area contributed by atoms with Crippen molar-refractivity contribution in [1.82, 2.24) is 10.3 Å². The Labute approximate surface area is 121 Å². The van der Waals surface area contributed by atoms with Crippen molar-refractivity contribution < 1.29 is 4.79 Å². The van der Waals surface area contributed by atoms with E-state index in [9.17, 15) is 4.79 Å². The summed E-state index contributed by atoms with van der Waals surface area (Å²) in [7, 11) is 0. The summed E-state index contributed by atoms with van der Waals surface area (Å²) >= 11 is 0. The van der Waals surface area contributed by atoms with E-state index in [4.69, 9.17) is 0 Å². The van der Waals surface area contributed by atoms with Gasteiger partial charge in [-0.1, -0.05) is 25.7 Å². The lowest BCUT2D eigenvalue weighted by molar-refractivity contribution is 0.0855. The van der Waals surface area contributed by atoms with Gasteiger partial charge < -0.3 is 5.32 Å². The summed E-state index contributed by atoms with van der Waals surface area (Å²) in [4.78, 5) is 16.7. The predicted octanol–water partition coefficient (Wildman–Crippen LogP) is 3.62. The van der Waals surface area contributed by atoms with Gasteiger partial charge in [0, 0.05) is 17.9 Å². The van der Waals surface area contributed by atoms with Gasteiger partial charge in [-0.2, -0.15) is 0 Å². The van der Waals surface area contributed by atoms with Crippen molar-refractivity contribution >= 4 is 5.91 Å². The van der Waals surface area contributed by atoms with Crippen LogP contribution in [0, 0.1) is 12.3 Å². The molecule has 108 valence electrons. The number of aromatic nitrogens is 1. The van der Waals surface area contributed by atoms with Crippen molar-refractivity contribution in [3.05, 3.63) is 29.6 Å². The van der Waals surface area contributed by atoms with Gasteiger partial charge >= 0.3 is 0 Å². The van der Waals surface area contributed by atoms with Gasteiger partial charge in [0.25, 0.3) is 5.91 Å². The summed E-state index contributed by atoms with van der Waals surface area (Å²) in [6.07, 6.45) is 12.1. The Morgan fingerprint density at radius 1 is 1.25 bits per heavy atom. The van der Waals surface area contributed by atoms with E-state index in [0.717, 1.165) is 17.7 Å². The Morgan fingerprint density at radius 2 is 2.00 bits per heavy atom. The van der Waals surface area contributed by atoms with Gasteiger partial charge in [-0.05, 0) is 50.2 Å². The molecule has 2 saturated carbocycles. The molecule has 0 aromatic carbocycles. The van der Waals surface area contributed by atoms with Crippen LogP contribution in [0.25, 0.3) is 0 Å². The number of nitrogens with one attached hydrogen (secondary N) is 1. The minimum Gasteiger partial charge on any atom is -0.349 e. The molecule has 3 nitrogen and oxygen atoms in total. The number of aryl methyl sites for hydroxylation is 1. The Hall–Kier alpha value is -1.38. The van der Waals surface area contributed by atoms with E-state index in [1.54, 1.807) is 6.20 Å². The average Bonchev–Trinajstić information content (AvgIpc) is 2.82. The maximum atomic E-state index is 12.5. The topological polar surface area (TPSA) is 42.0 Å². The number of rotatable bonds is 2. The lowest BCUT2D eigenvalue weighted by Crippen LogP contribution is -2.45. The van der Waals surface area contributed by atoms with Crippen LogP contribution in [-0.2, 0) is 0 Å². The van der Waals surface area contributed by atoms with Crippen LogP contribution in [0.3, 0.4) is 0 Å². The first kappa shape index (κ1) is 13.6. The molecule has 1 heterocycles. The highest BCUT2D eigenvalue weighted by Gasteiger charge is 2.43. The first-order chi connectivity index (χ1) is 9.71. The van der Waals surface area contributed by atoms with Gasteiger partial charge in [-0.25, -0.2) is 0 Å². The number of hydrogen-bond acceptors (Lipinski definition) is 2. The first-order valence-corrected chi connectivity index (χ1v) is 7.94. The molecule has 3 rings (SSSR count). The lowest BCUT2D eigenvalue weighted by atomic mass is 9.70. The highest BCUT2D eigenvalue weighted by Crippen LogP contribution is 2.49. The number of nitrogens with zero attached hydrogens (tertiary/aromatic N) is 1. The van der Waals surface area contributed by atoms with Gasteiger partial charge in [0.15, 0.2) is 0 Å². The van der Waals surface area contributed by atoms with Crippen molar-refractivity contribution in [2.45, 2.75) is 64.3 Å². The summed E-state index contributed by atoms with van der Waals surface area (Å²) < 4.78 is 0. The van der Waals surface area contributed by atoms with Gasteiger partial charge in [-0.3, -0.25) is 9.78 Å². The van der Waals surface area contributed by atoms with E-state index in [-0.39, 0.29) is 5.91 Å². The first-order valence-electron chi connectivity index (χ1n) is 7.94. The third-order valence-electron chi connectivity index (χ3n) is 5.31. The smallest absolute Gasteiger partial charge is 0.253 e. The highest BCUT2D eigenvalue weighted by atomic mass is 16.1. The Balaban J connectivity index is 1.74. The fourth-order valence-corrected chi connectivity index (χ4v) is 4.18. The van der Waals surface area contributed by atoms with Crippen LogP contribution in [0.2, 0.25) is 0 Å². The third-order valence-corrected chi connectivity index (χ3v) is 5.31. The molecule has 0 radical (unpaired) electrons. The standard InChI is InChI=1S/C17H24N2O/c1-13-14(7-6-12-18-13)16(20)19-15-8-5-11-17(15)9-3-2-4-10-17/h6-7,12,15H,2-5,8-11H2,1H3,(H,19,20). The molecule has 0 aliphatic heterocycles. The number of carbonyl (C=O) groups excluding carboxylic acids is 1. The zero-order chi connectivity index (χ0) is 14.0. The van der Waals surface area contributed by atoms with Crippen LogP contribution in [0.15, 0.2) is 18.3 Å². The zero-order valence-electron chi connectivity index (χ0n) is 12.3. The summed E-state index contributed by atoms with van der Waals surface area (Å²) in [6, 6.07) is 4.09. The van der Waals surface area contributed by atoms with Crippen molar-refractivity contribution in [2.75, 3.05) is 0 Å². The fourth-order valence-electron chi connectivity index (χ4n) is 4.18. The second-order valence-corrected chi connectivity index (χ2v) is 6.48. The van der Waals surface area contributed by atoms with E-state index < -0.39 is 0 Å². The zero-order valence-corrected chi connectivity index (χ0v) is 12.3. The molecule has 1 aromatic rings. The van der Waals surface area contributed by atoms with Crippen LogP contribution in [0.1, 0.15) is 67.4 Å². The second kappa shape index (κ2) is 5.55. The van der Waals surface area contributed by atoms with Crippen molar-refractivity contribution in [1.29, 1.82) is 0 Å². The molecular weight excluding hydrogens is 248 g/mol. The summed E-state index contributed by atoms with van der Waals surface area (Å²) in [5, 5.41) is 3.32. The van der Waals surface area contributed by atoms with Gasteiger partial charge in [0.2, 0.25) is 0 Å². The highest BCUT2D eigenvalue weighted by molar-refractivity contribution is 5.95. The number of hydrogen-bond donors (Lipinski definition) is 1. The molecule has 0 bridgehead atoms. The molecule has 1 aromatic heterocycles. The quantitative estimate of drug-likeness (QED) is 0.893. The largest absolute Gasteiger partial charge is 0.349 e. The number of pyridine rings is 1. The summed E-state index contributed by atoms with van der Waals surface area (Å²) in [6.45, 7) is 1.90. The maximum absolute atomic E-state index is 12.5. The third kappa shape index (κ3) is 2.46. The van der Waals surface area contributed by atoms with E-state index >= 15 is 0 Å². The SMILES string of the molecule is Cc1ncccc1C(=O)NC1CCCC12CCCCC2. The van der Waals surface area contributed by atoms with E-state index in [2.05, 4.69) is 10.3 Å². The molecule has 1 atom stereocenters. The molecule has 2 fully saturated rings. The molecule has 1 N–H and O–H groups in total.